The molecule has 0 unspecified atom stereocenters. The molecular weight excluding hydrogens is 330 g/mol. The average Bonchev–Trinajstić information content (AvgIpc) is 3.23. The lowest BCUT2D eigenvalue weighted by atomic mass is 10.1. The van der Waals surface area contributed by atoms with Crippen LogP contribution in [0.25, 0.3) is 5.69 Å². The first-order chi connectivity index (χ1) is 11.1. The van der Waals surface area contributed by atoms with Crippen molar-refractivity contribution >= 4 is 34.6 Å². The maximum atomic E-state index is 12.4. The standard InChI is InChI=1S/C17H14ClN3OS/c1-12(13-4-6-14(18)7-5-13)19-20-17(22)16-15(8-11-23-16)21-9-2-3-10-21/h2-11H,1H3,(H,20,22). The third-order valence-electron chi connectivity index (χ3n) is 3.32. The summed E-state index contributed by atoms with van der Waals surface area (Å²) in [6.07, 6.45) is 3.81. The van der Waals surface area contributed by atoms with Crippen molar-refractivity contribution in [1.29, 1.82) is 0 Å². The van der Waals surface area contributed by atoms with Gasteiger partial charge in [0.15, 0.2) is 0 Å². The molecule has 2 aromatic heterocycles. The van der Waals surface area contributed by atoms with Crippen LogP contribution in [0.1, 0.15) is 22.2 Å². The Hall–Kier alpha value is -2.37. The van der Waals surface area contributed by atoms with Crippen LogP contribution in [0, 0.1) is 0 Å². The molecule has 1 aromatic carbocycles. The van der Waals surface area contributed by atoms with E-state index in [1.54, 1.807) is 12.1 Å². The summed E-state index contributed by atoms with van der Waals surface area (Å²) in [5, 5.41) is 6.73. The van der Waals surface area contributed by atoms with E-state index in [9.17, 15) is 4.79 Å². The Morgan fingerprint density at radius 1 is 1.17 bits per heavy atom. The minimum absolute atomic E-state index is 0.225. The molecule has 6 heteroatoms. The van der Waals surface area contributed by atoms with Crippen molar-refractivity contribution < 1.29 is 4.79 Å². The van der Waals surface area contributed by atoms with Gasteiger partial charge in [-0.3, -0.25) is 4.79 Å². The SMILES string of the molecule is CC(=NNC(=O)c1sccc1-n1cccc1)c1ccc(Cl)cc1. The molecule has 0 saturated carbocycles. The number of benzene rings is 1. The molecule has 1 amide bonds. The number of hydrazone groups is 1. The first-order valence-corrected chi connectivity index (χ1v) is 8.22. The van der Waals surface area contributed by atoms with Crippen LogP contribution in [0.5, 0.6) is 0 Å². The quantitative estimate of drug-likeness (QED) is 0.555. The predicted octanol–water partition coefficient (Wildman–Crippen LogP) is 4.35. The summed E-state index contributed by atoms with van der Waals surface area (Å²) in [4.78, 5) is 13.0. The zero-order valence-electron chi connectivity index (χ0n) is 12.4. The van der Waals surface area contributed by atoms with Crippen molar-refractivity contribution in [2.24, 2.45) is 5.10 Å². The van der Waals surface area contributed by atoms with Crippen molar-refractivity contribution in [2.75, 3.05) is 0 Å². The van der Waals surface area contributed by atoms with Crippen molar-refractivity contribution in [3.63, 3.8) is 0 Å². The minimum Gasteiger partial charge on any atom is -0.322 e. The molecule has 0 aliphatic heterocycles. The van der Waals surface area contributed by atoms with Crippen LogP contribution < -0.4 is 5.43 Å². The summed E-state index contributed by atoms with van der Waals surface area (Å²) in [5.41, 5.74) is 5.08. The number of hydrogen-bond donors (Lipinski definition) is 1. The van der Waals surface area contributed by atoms with Crippen LogP contribution in [-0.2, 0) is 0 Å². The summed E-state index contributed by atoms with van der Waals surface area (Å²) in [6, 6.07) is 13.1. The van der Waals surface area contributed by atoms with Gasteiger partial charge in [-0.15, -0.1) is 11.3 Å². The molecule has 3 rings (SSSR count). The number of rotatable bonds is 4. The number of aromatic nitrogens is 1. The number of nitrogens with zero attached hydrogens (tertiary/aromatic N) is 2. The number of carbonyl (C=O) groups excluding carboxylic acids is 1. The smallest absolute Gasteiger partial charge is 0.283 e. The van der Waals surface area contributed by atoms with Gasteiger partial charge in [-0.2, -0.15) is 5.10 Å². The van der Waals surface area contributed by atoms with Gasteiger partial charge in [0.05, 0.1) is 11.4 Å². The minimum atomic E-state index is -0.225. The highest BCUT2D eigenvalue weighted by Crippen LogP contribution is 2.21. The molecule has 0 aliphatic rings. The fourth-order valence-electron chi connectivity index (χ4n) is 2.11. The van der Waals surface area contributed by atoms with Gasteiger partial charge in [0, 0.05) is 17.4 Å². The van der Waals surface area contributed by atoms with Gasteiger partial charge in [-0.25, -0.2) is 5.43 Å². The molecule has 0 radical (unpaired) electrons. The fraction of sp³-hybridized carbons (Fsp3) is 0.0588. The second kappa shape index (κ2) is 6.81. The lowest BCUT2D eigenvalue weighted by Gasteiger charge is -2.05. The Balaban J connectivity index is 1.76. The highest BCUT2D eigenvalue weighted by atomic mass is 35.5. The molecule has 116 valence electrons. The second-order valence-electron chi connectivity index (χ2n) is 4.87. The van der Waals surface area contributed by atoms with E-state index in [2.05, 4.69) is 10.5 Å². The van der Waals surface area contributed by atoms with E-state index in [0.717, 1.165) is 11.3 Å². The molecule has 0 fully saturated rings. The number of nitrogens with one attached hydrogen (secondary N) is 1. The lowest BCUT2D eigenvalue weighted by molar-refractivity contribution is 0.0959. The number of carbonyl (C=O) groups is 1. The zero-order valence-corrected chi connectivity index (χ0v) is 13.9. The molecule has 0 atom stereocenters. The van der Waals surface area contributed by atoms with Gasteiger partial charge in [0.2, 0.25) is 0 Å². The van der Waals surface area contributed by atoms with Crippen molar-refractivity contribution in [1.82, 2.24) is 9.99 Å². The van der Waals surface area contributed by atoms with Gasteiger partial charge in [0.1, 0.15) is 4.88 Å². The van der Waals surface area contributed by atoms with E-state index in [-0.39, 0.29) is 5.91 Å². The van der Waals surface area contributed by atoms with Crippen LogP contribution >= 0.6 is 22.9 Å². The highest BCUT2D eigenvalue weighted by molar-refractivity contribution is 7.12. The molecule has 1 N–H and O–H groups in total. The number of halogens is 1. The Bertz CT molecular complexity index is 835. The van der Waals surface area contributed by atoms with E-state index in [0.29, 0.717) is 15.6 Å². The summed E-state index contributed by atoms with van der Waals surface area (Å²) >= 11 is 7.25. The molecule has 23 heavy (non-hydrogen) atoms. The Morgan fingerprint density at radius 2 is 1.87 bits per heavy atom. The van der Waals surface area contributed by atoms with Crippen molar-refractivity contribution in [3.8, 4) is 5.69 Å². The number of hydrogen-bond acceptors (Lipinski definition) is 3. The van der Waals surface area contributed by atoms with Crippen LogP contribution in [-0.4, -0.2) is 16.2 Å². The van der Waals surface area contributed by atoms with E-state index < -0.39 is 0 Å². The third kappa shape index (κ3) is 3.52. The molecule has 0 saturated heterocycles. The van der Waals surface area contributed by atoms with Crippen LogP contribution in [0.4, 0.5) is 0 Å². The lowest BCUT2D eigenvalue weighted by Crippen LogP contribution is -2.19. The molecule has 0 aliphatic carbocycles. The molecule has 3 aromatic rings. The van der Waals surface area contributed by atoms with Crippen LogP contribution in [0.15, 0.2) is 65.3 Å². The van der Waals surface area contributed by atoms with E-state index in [4.69, 9.17) is 11.6 Å². The topological polar surface area (TPSA) is 46.4 Å². The van der Waals surface area contributed by atoms with E-state index in [1.807, 2.05) is 59.6 Å². The molecule has 2 heterocycles. The largest absolute Gasteiger partial charge is 0.322 e. The monoisotopic (exact) mass is 343 g/mol. The van der Waals surface area contributed by atoms with E-state index in [1.165, 1.54) is 11.3 Å². The fourth-order valence-corrected chi connectivity index (χ4v) is 3.02. The van der Waals surface area contributed by atoms with Gasteiger partial charge in [0.25, 0.3) is 5.91 Å². The summed E-state index contributed by atoms with van der Waals surface area (Å²) in [6.45, 7) is 1.84. The Kier molecular flexibility index (Phi) is 4.60. The van der Waals surface area contributed by atoms with Gasteiger partial charge in [-0.1, -0.05) is 23.7 Å². The first kappa shape index (κ1) is 15.5. The second-order valence-corrected chi connectivity index (χ2v) is 6.22. The Morgan fingerprint density at radius 3 is 2.57 bits per heavy atom. The summed E-state index contributed by atoms with van der Waals surface area (Å²) < 4.78 is 1.90. The molecular formula is C17H14ClN3OS. The Labute approximate surface area is 143 Å². The predicted molar refractivity (Wildman–Crippen MR) is 94.8 cm³/mol. The highest BCUT2D eigenvalue weighted by Gasteiger charge is 2.13. The first-order valence-electron chi connectivity index (χ1n) is 6.96. The molecule has 0 bridgehead atoms. The molecule has 4 nitrogen and oxygen atoms in total. The maximum Gasteiger partial charge on any atom is 0.283 e. The number of amides is 1. The van der Waals surface area contributed by atoms with Gasteiger partial charge < -0.3 is 4.57 Å². The maximum absolute atomic E-state index is 12.4. The van der Waals surface area contributed by atoms with Gasteiger partial charge >= 0.3 is 0 Å². The molecule has 0 spiro atoms. The third-order valence-corrected chi connectivity index (χ3v) is 4.47. The van der Waals surface area contributed by atoms with Crippen LogP contribution in [0.3, 0.4) is 0 Å². The zero-order chi connectivity index (χ0) is 16.2. The van der Waals surface area contributed by atoms with Gasteiger partial charge in [-0.05, 0) is 48.2 Å². The van der Waals surface area contributed by atoms with Crippen molar-refractivity contribution in [3.05, 3.63) is 75.7 Å². The summed E-state index contributed by atoms with van der Waals surface area (Å²) in [5.74, 6) is -0.225. The van der Waals surface area contributed by atoms with Crippen LogP contribution in [0.2, 0.25) is 5.02 Å². The number of thiophene rings is 1. The van der Waals surface area contributed by atoms with Crippen molar-refractivity contribution in [2.45, 2.75) is 6.92 Å². The average molecular weight is 344 g/mol. The summed E-state index contributed by atoms with van der Waals surface area (Å²) in [7, 11) is 0. The van der Waals surface area contributed by atoms with E-state index >= 15 is 0 Å². The normalized spacial score (nSPS) is 11.5.